The van der Waals surface area contributed by atoms with E-state index in [0.717, 1.165) is 23.5 Å². The molecule has 0 spiro atoms. The molecule has 0 aliphatic heterocycles. The van der Waals surface area contributed by atoms with E-state index in [1.807, 2.05) is 11.4 Å². The van der Waals surface area contributed by atoms with E-state index in [4.69, 9.17) is 4.74 Å². The van der Waals surface area contributed by atoms with Crippen LogP contribution in [-0.4, -0.2) is 12.9 Å². The first kappa shape index (κ1) is 11.6. The van der Waals surface area contributed by atoms with E-state index in [0.29, 0.717) is 11.7 Å². The van der Waals surface area contributed by atoms with Crippen LogP contribution in [0.1, 0.15) is 42.3 Å². The van der Waals surface area contributed by atoms with Gasteiger partial charge in [0.25, 0.3) is 0 Å². The van der Waals surface area contributed by atoms with Gasteiger partial charge in [0, 0.05) is 17.4 Å². The summed E-state index contributed by atoms with van der Waals surface area (Å²) in [5.74, 6) is 2.06. The average Bonchev–Trinajstić information content (AvgIpc) is 2.76. The minimum Gasteiger partial charge on any atom is -0.496 e. The molecule has 2 rings (SSSR count). The van der Waals surface area contributed by atoms with Crippen LogP contribution < -0.4 is 4.74 Å². The van der Waals surface area contributed by atoms with Crippen LogP contribution in [0.5, 0.6) is 5.75 Å². The molecule has 3 heteroatoms. The van der Waals surface area contributed by atoms with E-state index >= 15 is 0 Å². The zero-order valence-electron chi connectivity index (χ0n) is 9.86. The van der Waals surface area contributed by atoms with Crippen LogP contribution in [0.4, 0.5) is 0 Å². The summed E-state index contributed by atoms with van der Waals surface area (Å²) < 4.78 is 5.11. The van der Waals surface area contributed by atoms with E-state index in [2.05, 4.69) is 6.92 Å². The highest BCUT2D eigenvalue weighted by Crippen LogP contribution is 2.33. The predicted molar refractivity (Wildman–Crippen MR) is 66.3 cm³/mol. The van der Waals surface area contributed by atoms with E-state index < -0.39 is 0 Å². The molecule has 2 nitrogen and oxygen atoms in total. The lowest BCUT2D eigenvalue weighted by Crippen LogP contribution is -2.21. The van der Waals surface area contributed by atoms with Crippen LogP contribution in [0.2, 0.25) is 0 Å². The van der Waals surface area contributed by atoms with E-state index in [1.165, 1.54) is 24.2 Å². The van der Waals surface area contributed by atoms with Crippen molar-refractivity contribution in [3.63, 3.8) is 0 Å². The normalized spacial score (nSPS) is 25.4. The number of Topliss-reactive ketones (excluding diaryl/α,β-unsaturated/α-hetero) is 1. The molecule has 16 heavy (non-hydrogen) atoms. The third-order valence-electron chi connectivity index (χ3n) is 3.36. The Morgan fingerprint density at radius 3 is 2.94 bits per heavy atom. The first-order valence-corrected chi connectivity index (χ1v) is 6.75. The predicted octanol–water partition coefficient (Wildman–Crippen LogP) is 3.77. The number of rotatable bonds is 3. The Kier molecular flexibility index (Phi) is 3.64. The summed E-state index contributed by atoms with van der Waals surface area (Å²) in [6, 6.07) is 1.87. The van der Waals surface area contributed by atoms with Crippen LogP contribution in [0.3, 0.4) is 0 Å². The summed E-state index contributed by atoms with van der Waals surface area (Å²) in [6.07, 6.45) is 4.58. The van der Waals surface area contributed by atoms with Gasteiger partial charge >= 0.3 is 0 Å². The van der Waals surface area contributed by atoms with Gasteiger partial charge in [-0.25, -0.2) is 0 Å². The smallest absolute Gasteiger partial charge is 0.175 e. The molecule has 88 valence electrons. The third kappa shape index (κ3) is 2.46. The Morgan fingerprint density at radius 1 is 1.50 bits per heavy atom. The van der Waals surface area contributed by atoms with Gasteiger partial charge in [-0.2, -0.15) is 0 Å². The molecule has 1 aliphatic rings. The van der Waals surface area contributed by atoms with Gasteiger partial charge in [-0.05, 0) is 18.8 Å². The molecule has 0 radical (unpaired) electrons. The summed E-state index contributed by atoms with van der Waals surface area (Å²) in [4.78, 5) is 13.1. The fourth-order valence-electron chi connectivity index (χ4n) is 2.43. The maximum absolute atomic E-state index is 12.2. The van der Waals surface area contributed by atoms with Crippen LogP contribution >= 0.6 is 11.3 Å². The second kappa shape index (κ2) is 5.00. The molecular weight excluding hydrogens is 220 g/mol. The Bertz CT molecular complexity index is 370. The molecular formula is C13H18O2S. The highest BCUT2D eigenvalue weighted by atomic mass is 32.1. The van der Waals surface area contributed by atoms with Crippen molar-refractivity contribution < 1.29 is 9.53 Å². The summed E-state index contributed by atoms with van der Waals surface area (Å²) in [5, 5.41) is 1.90. The monoisotopic (exact) mass is 238 g/mol. The van der Waals surface area contributed by atoms with Gasteiger partial charge in [0.05, 0.1) is 12.0 Å². The molecule has 2 atom stereocenters. The fourth-order valence-corrected chi connectivity index (χ4v) is 3.30. The van der Waals surface area contributed by atoms with Crippen molar-refractivity contribution in [3.8, 4) is 5.75 Å². The Labute approximate surface area is 101 Å². The lowest BCUT2D eigenvalue weighted by molar-refractivity contribution is 0.0872. The first-order chi connectivity index (χ1) is 7.70. The van der Waals surface area contributed by atoms with Crippen molar-refractivity contribution in [3.05, 3.63) is 16.3 Å². The van der Waals surface area contributed by atoms with E-state index in [9.17, 15) is 4.79 Å². The molecule has 1 fully saturated rings. The lowest BCUT2D eigenvalue weighted by atomic mass is 9.80. The lowest BCUT2D eigenvalue weighted by Gasteiger charge is -2.25. The van der Waals surface area contributed by atoms with Crippen LogP contribution in [0.25, 0.3) is 0 Å². The number of carbonyl (C=O) groups is 1. The number of hydrogen-bond acceptors (Lipinski definition) is 3. The number of ether oxygens (including phenoxy) is 1. The maximum atomic E-state index is 12.2. The van der Waals surface area contributed by atoms with Crippen LogP contribution in [-0.2, 0) is 0 Å². The molecule has 1 aliphatic carbocycles. The standard InChI is InChI=1S/C13H18O2S/c1-9-4-3-5-10(6-9)13(14)12-7-11(15-2)8-16-12/h7-10H,3-6H2,1-2H3. The van der Waals surface area contributed by atoms with Gasteiger partial charge in [-0.15, -0.1) is 11.3 Å². The highest BCUT2D eigenvalue weighted by Gasteiger charge is 2.26. The topological polar surface area (TPSA) is 26.3 Å². The largest absolute Gasteiger partial charge is 0.496 e. The molecule has 1 aromatic heterocycles. The molecule has 1 aromatic rings. The number of carbonyl (C=O) groups excluding carboxylic acids is 1. The van der Waals surface area contributed by atoms with Gasteiger partial charge in [-0.1, -0.05) is 19.8 Å². The summed E-state index contributed by atoms with van der Waals surface area (Å²) in [7, 11) is 1.64. The molecule has 0 amide bonds. The summed E-state index contributed by atoms with van der Waals surface area (Å²) in [5.41, 5.74) is 0. The SMILES string of the molecule is COc1csc(C(=O)C2CCCC(C)C2)c1. The van der Waals surface area contributed by atoms with Crippen molar-refractivity contribution in [2.75, 3.05) is 7.11 Å². The van der Waals surface area contributed by atoms with Gasteiger partial charge in [0.15, 0.2) is 5.78 Å². The third-order valence-corrected chi connectivity index (χ3v) is 4.28. The van der Waals surface area contributed by atoms with Crippen molar-refractivity contribution in [1.82, 2.24) is 0 Å². The molecule has 0 bridgehead atoms. The van der Waals surface area contributed by atoms with Gasteiger partial charge < -0.3 is 4.74 Å². The quantitative estimate of drug-likeness (QED) is 0.749. The number of methoxy groups -OCH3 is 1. The molecule has 0 saturated heterocycles. The van der Waals surface area contributed by atoms with Crippen molar-refractivity contribution in [1.29, 1.82) is 0 Å². The van der Waals surface area contributed by atoms with Gasteiger partial charge in [0.2, 0.25) is 0 Å². The van der Waals surface area contributed by atoms with Crippen LogP contribution in [0, 0.1) is 11.8 Å². The number of ketones is 1. The molecule has 1 heterocycles. The zero-order valence-corrected chi connectivity index (χ0v) is 10.7. The molecule has 0 N–H and O–H groups in total. The minimum absolute atomic E-state index is 0.243. The molecule has 0 aromatic carbocycles. The second-order valence-electron chi connectivity index (χ2n) is 4.68. The Morgan fingerprint density at radius 2 is 2.31 bits per heavy atom. The number of hydrogen-bond donors (Lipinski definition) is 0. The second-order valence-corrected chi connectivity index (χ2v) is 5.59. The van der Waals surface area contributed by atoms with E-state index in [1.54, 1.807) is 7.11 Å². The van der Waals surface area contributed by atoms with E-state index in [-0.39, 0.29) is 5.92 Å². The Balaban J connectivity index is 2.06. The van der Waals surface area contributed by atoms with Crippen LogP contribution in [0.15, 0.2) is 11.4 Å². The Hall–Kier alpha value is -0.830. The van der Waals surface area contributed by atoms with Gasteiger partial charge in [-0.3, -0.25) is 4.79 Å². The van der Waals surface area contributed by atoms with Crippen molar-refractivity contribution >= 4 is 17.1 Å². The van der Waals surface area contributed by atoms with Crippen molar-refractivity contribution in [2.45, 2.75) is 32.6 Å². The molecule has 1 saturated carbocycles. The van der Waals surface area contributed by atoms with Gasteiger partial charge in [0.1, 0.15) is 5.75 Å². The highest BCUT2D eigenvalue weighted by molar-refractivity contribution is 7.12. The summed E-state index contributed by atoms with van der Waals surface area (Å²) >= 11 is 1.50. The first-order valence-electron chi connectivity index (χ1n) is 5.87. The fraction of sp³-hybridized carbons (Fsp3) is 0.615. The number of thiophene rings is 1. The minimum atomic E-state index is 0.243. The summed E-state index contributed by atoms with van der Waals surface area (Å²) in [6.45, 7) is 2.24. The van der Waals surface area contributed by atoms with Crippen molar-refractivity contribution in [2.24, 2.45) is 11.8 Å². The molecule has 2 unspecified atom stereocenters. The average molecular weight is 238 g/mol. The maximum Gasteiger partial charge on any atom is 0.175 e. The zero-order chi connectivity index (χ0) is 11.5.